The molecule has 1 aliphatic heterocycles. The molecule has 2 atom stereocenters. The lowest BCUT2D eigenvalue weighted by atomic mass is 9.83. The molecule has 25 heavy (non-hydrogen) atoms. The second-order valence-electron chi connectivity index (χ2n) is 6.64. The number of carbonyl (C=O) groups excluding carboxylic acids is 2. The van der Waals surface area contributed by atoms with E-state index in [1.165, 1.54) is 11.3 Å². The standard InChI is InChI=1S/C18H20N4O2S/c1-11-20-10-15(25-11)21-18(24)14-4-5-16(23)22(13-2-3-13)17(14)12-6-8-19-9-7-12/h6-10,13-14,17H,2-5H2,1H3,(H,21,24)/t14-,17+/m0/s1. The number of amides is 2. The number of piperidine rings is 1. The largest absolute Gasteiger partial charge is 0.332 e. The Hall–Kier alpha value is -2.28. The van der Waals surface area contributed by atoms with Crippen molar-refractivity contribution in [2.75, 3.05) is 5.32 Å². The van der Waals surface area contributed by atoms with Gasteiger partial charge in [0.2, 0.25) is 11.8 Å². The highest BCUT2D eigenvalue weighted by Gasteiger charge is 2.46. The second-order valence-corrected chi connectivity index (χ2v) is 7.87. The highest BCUT2D eigenvalue weighted by atomic mass is 32.1. The Morgan fingerprint density at radius 3 is 2.68 bits per heavy atom. The average molecular weight is 356 g/mol. The summed E-state index contributed by atoms with van der Waals surface area (Å²) in [5.74, 6) is -0.145. The van der Waals surface area contributed by atoms with E-state index in [0.717, 1.165) is 28.4 Å². The molecular formula is C18H20N4O2S. The summed E-state index contributed by atoms with van der Waals surface area (Å²) in [6, 6.07) is 3.88. The van der Waals surface area contributed by atoms with E-state index < -0.39 is 0 Å². The number of carbonyl (C=O) groups is 2. The SMILES string of the molecule is Cc1ncc(NC(=O)[C@H]2CCC(=O)N(C3CC3)[C@@H]2c2ccncc2)s1. The van der Waals surface area contributed by atoms with E-state index in [0.29, 0.717) is 12.8 Å². The average Bonchev–Trinajstić information content (AvgIpc) is 3.37. The van der Waals surface area contributed by atoms with Gasteiger partial charge in [-0.3, -0.25) is 14.6 Å². The molecule has 1 saturated carbocycles. The lowest BCUT2D eigenvalue weighted by molar-refractivity contribution is -0.142. The first-order valence-electron chi connectivity index (χ1n) is 8.58. The van der Waals surface area contributed by atoms with Crippen molar-refractivity contribution in [2.45, 2.75) is 44.7 Å². The Kier molecular flexibility index (Phi) is 4.25. The summed E-state index contributed by atoms with van der Waals surface area (Å²) >= 11 is 1.46. The van der Waals surface area contributed by atoms with Crippen molar-refractivity contribution >= 4 is 28.2 Å². The maximum atomic E-state index is 13.0. The van der Waals surface area contributed by atoms with E-state index in [2.05, 4.69) is 15.3 Å². The number of thiazole rings is 1. The zero-order chi connectivity index (χ0) is 17.4. The van der Waals surface area contributed by atoms with Crippen LogP contribution in [0.2, 0.25) is 0 Å². The number of likely N-dealkylation sites (tertiary alicyclic amines) is 1. The van der Waals surface area contributed by atoms with Crippen LogP contribution in [0.1, 0.15) is 42.3 Å². The molecule has 130 valence electrons. The van der Waals surface area contributed by atoms with E-state index in [9.17, 15) is 9.59 Å². The Morgan fingerprint density at radius 2 is 2.04 bits per heavy atom. The zero-order valence-corrected chi connectivity index (χ0v) is 14.8. The van der Waals surface area contributed by atoms with Crippen molar-refractivity contribution < 1.29 is 9.59 Å². The predicted octanol–water partition coefficient (Wildman–Crippen LogP) is 2.93. The summed E-state index contributed by atoms with van der Waals surface area (Å²) in [5, 5.41) is 4.66. The van der Waals surface area contributed by atoms with Crippen LogP contribution in [0, 0.1) is 12.8 Å². The number of nitrogens with zero attached hydrogens (tertiary/aromatic N) is 3. The molecule has 2 aromatic heterocycles. The third-order valence-electron chi connectivity index (χ3n) is 4.83. The Labute approximate surface area is 150 Å². The summed E-state index contributed by atoms with van der Waals surface area (Å²) in [7, 11) is 0. The smallest absolute Gasteiger partial charge is 0.230 e. The molecule has 1 saturated heterocycles. The normalized spacial score (nSPS) is 23.6. The molecule has 2 aliphatic rings. The van der Waals surface area contributed by atoms with Gasteiger partial charge >= 0.3 is 0 Å². The molecule has 4 rings (SSSR count). The van der Waals surface area contributed by atoms with Crippen LogP contribution in [0.25, 0.3) is 0 Å². The molecular weight excluding hydrogens is 336 g/mol. The van der Waals surface area contributed by atoms with Gasteiger partial charge in [-0.2, -0.15) is 0 Å². The highest BCUT2D eigenvalue weighted by Crippen LogP contribution is 2.43. The minimum absolute atomic E-state index is 0.0383. The van der Waals surface area contributed by atoms with Crippen molar-refractivity contribution in [1.82, 2.24) is 14.9 Å². The number of pyridine rings is 1. The van der Waals surface area contributed by atoms with E-state index in [1.54, 1.807) is 18.6 Å². The van der Waals surface area contributed by atoms with Crippen molar-refractivity contribution in [3.8, 4) is 0 Å². The number of hydrogen-bond donors (Lipinski definition) is 1. The molecule has 0 radical (unpaired) electrons. The first-order chi connectivity index (χ1) is 12.1. The maximum Gasteiger partial charge on any atom is 0.230 e. The lowest BCUT2D eigenvalue weighted by Crippen LogP contribution is -2.47. The first-order valence-corrected chi connectivity index (χ1v) is 9.39. The van der Waals surface area contributed by atoms with Crippen molar-refractivity contribution in [3.05, 3.63) is 41.3 Å². The van der Waals surface area contributed by atoms with Crippen LogP contribution in [-0.4, -0.2) is 32.7 Å². The molecule has 0 aromatic carbocycles. The van der Waals surface area contributed by atoms with Gasteiger partial charge in [0, 0.05) is 24.9 Å². The minimum atomic E-state index is -0.261. The number of nitrogens with one attached hydrogen (secondary N) is 1. The maximum absolute atomic E-state index is 13.0. The van der Waals surface area contributed by atoms with Crippen molar-refractivity contribution in [1.29, 1.82) is 0 Å². The Bertz CT molecular complexity index is 787. The van der Waals surface area contributed by atoms with Crippen LogP contribution >= 0.6 is 11.3 Å². The molecule has 0 spiro atoms. The monoisotopic (exact) mass is 356 g/mol. The summed E-state index contributed by atoms with van der Waals surface area (Å²) in [6.45, 7) is 1.91. The number of anilines is 1. The predicted molar refractivity (Wildman–Crippen MR) is 95.1 cm³/mol. The van der Waals surface area contributed by atoms with Crippen molar-refractivity contribution in [2.24, 2.45) is 5.92 Å². The fourth-order valence-electron chi connectivity index (χ4n) is 3.56. The summed E-state index contributed by atoms with van der Waals surface area (Å²) in [6.07, 6.45) is 8.18. The van der Waals surface area contributed by atoms with Gasteiger partial charge in [0.25, 0.3) is 0 Å². The van der Waals surface area contributed by atoms with Gasteiger partial charge in [-0.05, 0) is 43.9 Å². The fraction of sp³-hybridized carbons (Fsp3) is 0.444. The van der Waals surface area contributed by atoms with Gasteiger partial charge in [0.15, 0.2) is 0 Å². The van der Waals surface area contributed by atoms with Gasteiger partial charge in [0.1, 0.15) is 5.00 Å². The van der Waals surface area contributed by atoms with Crippen LogP contribution < -0.4 is 5.32 Å². The zero-order valence-electron chi connectivity index (χ0n) is 14.0. The van der Waals surface area contributed by atoms with Crippen LogP contribution in [0.4, 0.5) is 5.00 Å². The van der Waals surface area contributed by atoms with Gasteiger partial charge < -0.3 is 10.2 Å². The Morgan fingerprint density at radius 1 is 1.28 bits per heavy atom. The molecule has 1 N–H and O–H groups in total. The van der Waals surface area contributed by atoms with E-state index in [4.69, 9.17) is 0 Å². The van der Waals surface area contributed by atoms with Crippen LogP contribution in [0.15, 0.2) is 30.7 Å². The number of rotatable bonds is 4. The quantitative estimate of drug-likeness (QED) is 0.914. The summed E-state index contributed by atoms with van der Waals surface area (Å²) in [5.41, 5.74) is 0.982. The minimum Gasteiger partial charge on any atom is -0.332 e. The van der Waals surface area contributed by atoms with Crippen LogP contribution in [0.5, 0.6) is 0 Å². The molecule has 7 heteroatoms. The third kappa shape index (κ3) is 3.28. The first kappa shape index (κ1) is 16.2. The van der Waals surface area contributed by atoms with Crippen LogP contribution in [0.3, 0.4) is 0 Å². The van der Waals surface area contributed by atoms with Gasteiger partial charge in [-0.25, -0.2) is 4.98 Å². The molecule has 2 aromatic rings. The van der Waals surface area contributed by atoms with Crippen LogP contribution in [-0.2, 0) is 9.59 Å². The molecule has 0 unspecified atom stereocenters. The third-order valence-corrected chi connectivity index (χ3v) is 5.66. The molecule has 3 heterocycles. The second kappa shape index (κ2) is 6.55. The van der Waals surface area contributed by atoms with E-state index in [-0.39, 0.29) is 29.8 Å². The number of hydrogen-bond acceptors (Lipinski definition) is 5. The summed E-state index contributed by atoms with van der Waals surface area (Å²) in [4.78, 5) is 35.7. The topological polar surface area (TPSA) is 75.2 Å². The summed E-state index contributed by atoms with van der Waals surface area (Å²) < 4.78 is 0. The molecule has 1 aliphatic carbocycles. The Balaban J connectivity index is 1.64. The van der Waals surface area contributed by atoms with Gasteiger partial charge in [0.05, 0.1) is 23.2 Å². The molecule has 2 amide bonds. The fourth-order valence-corrected chi connectivity index (χ4v) is 4.24. The van der Waals surface area contributed by atoms with E-state index >= 15 is 0 Å². The lowest BCUT2D eigenvalue weighted by Gasteiger charge is -2.41. The van der Waals surface area contributed by atoms with E-state index in [1.807, 2.05) is 24.0 Å². The van der Waals surface area contributed by atoms with Gasteiger partial charge in [-0.15, -0.1) is 11.3 Å². The number of aromatic nitrogens is 2. The number of aryl methyl sites for hydroxylation is 1. The molecule has 0 bridgehead atoms. The van der Waals surface area contributed by atoms with Crippen molar-refractivity contribution in [3.63, 3.8) is 0 Å². The van der Waals surface area contributed by atoms with Gasteiger partial charge in [-0.1, -0.05) is 0 Å². The molecule has 2 fully saturated rings. The molecule has 6 nitrogen and oxygen atoms in total. The highest BCUT2D eigenvalue weighted by molar-refractivity contribution is 7.15.